The van der Waals surface area contributed by atoms with Gasteiger partial charge in [-0.25, -0.2) is 4.98 Å². The van der Waals surface area contributed by atoms with E-state index in [0.29, 0.717) is 32.6 Å². The lowest BCUT2D eigenvalue weighted by atomic mass is 10.00. The number of hydrogen-bond donors (Lipinski definition) is 1. The number of aromatic nitrogens is 1. The number of halogens is 4. The topological polar surface area (TPSA) is 67.2 Å². The smallest absolute Gasteiger partial charge is 0.438 e. The summed E-state index contributed by atoms with van der Waals surface area (Å²) in [4.78, 5) is 4.28. The van der Waals surface area contributed by atoms with Crippen molar-refractivity contribution in [1.82, 2.24) is 4.98 Å². The van der Waals surface area contributed by atoms with Gasteiger partial charge in [-0.15, -0.1) is 11.3 Å². The summed E-state index contributed by atoms with van der Waals surface area (Å²) in [6.07, 6.45) is -5.79. The summed E-state index contributed by atoms with van der Waals surface area (Å²) in [5.41, 5.74) is -1.83. The lowest BCUT2D eigenvalue weighted by Gasteiger charge is -2.32. The molecule has 1 aromatic heterocycles. The third-order valence-corrected chi connectivity index (χ3v) is 6.04. The van der Waals surface area contributed by atoms with Crippen LogP contribution in [0.2, 0.25) is 5.02 Å². The Balaban J connectivity index is 1.77. The highest BCUT2D eigenvalue weighted by Gasteiger charge is 2.62. The van der Waals surface area contributed by atoms with Gasteiger partial charge in [0.1, 0.15) is 11.5 Å². The van der Waals surface area contributed by atoms with E-state index in [1.807, 2.05) is 0 Å². The fraction of sp³-hybridized carbons (Fsp3) is 0.238. The van der Waals surface area contributed by atoms with Gasteiger partial charge >= 0.3 is 6.18 Å². The first-order valence-corrected chi connectivity index (χ1v) is 10.5. The number of alkyl halides is 3. The molecule has 0 amide bonds. The van der Waals surface area contributed by atoms with E-state index in [2.05, 4.69) is 10.1 Å². The molecular weight excluding hydrogens is 467 g/mol. The molecule has 0 spiro atoms. The first-order chi connectivity index (χ1) is 15.2. The first kappa shape index (κ1) is 22.4. The van der Waals surface area contributed by atoms with Crippen LogP contribution >= 0.6 is 22.9 Å². The lowest BCUT2D eigenvalue weighted by molar-refractivity contribution is -0.254. The average molecular weight is 484 g/mol. The molecule has 0 saturated heterocycles. The predicted molar refractivity (Wildman–Crippen MR) is 117 cm³/mol. The number of thiazole rings is 1. The van der Waals surface area contributed by atoms with E-state index in [4.69, 9.17) is 21.1 Å². The Bertz CT molecular complexity index is 1170. The third-order valence-electron chi connectivity index (χ3n) is 4.97. The zero-order chi connectivity index (χ0) is 23.1. The van der Waals surface area contributed by atoms with Gasteiger partial charge in [0.05, 0.1) is 32.0 Å². The minimum Gasteiger partial charge on any atom is -0.497 e. The summed E-state index contributed by atoms with van der Waals surface area (Å²) in [6.45, 7) is 0. The minimum absolute atomic E-state index is 0.00701. The summed E-state index contributed by atoms with van der Waals surface area (Å²) < 4.78 is 52.4. The van der Waals surface area contributed by atoms with Crippen molar-refractivity contribution < 1.29 is 27.8 Å². The van der Waals surface area contributed by atoms with Crippen molar-refractivity contribution in [2.75, 3.05) is 19.2 Å². The van der Waals surface area contributed by atoms with Crippen LogP contribution in [0, 0.1) is 0 Å². The van der Waals surface area contributed by atoms with Gasteiger partial charge in [0, 0.05) is 27.6 Å². The molecule has 0 fully saturated rings. The van der Waals surface area contributed by atoms with E-state index < -0.39 is 18.3 Å². The maximum Gasteiger partial charge on any atom is 0.438 e. The van der Waals surface area contributed by atoms with E-state index in [1.165, 1.54) is 26.4 Å². The maximum absolute atomic E-state index is 14.0. The van der Waals surface area contributed by atoms with Crippen molar-refractivity contribution in [3.05, 3.63) is 58.4 Å². The van der Waals surface area contributed by atoms with Crippen LogP contribution in [0.15, 0.2) is 52.9 Å². The van der Waals surface area contributed by atoms with Crippen LogP contribution in [-0.2, 0) is 0 Å². The zero-order valence-electron chi connectivity index (χ0n) is 16.9. The molecule has 4 rings (SSSR count). The molecule has 0 bridgehead atoms. The van der Waals surface area contributed by atoms with Gasteiger partial charge in [-0.3, -0.25) is 0 Å². The van der Waals surface area contributed by atoms with Crippen LogP contribution in [0.4, 0.5) is 18.3 Å². The number of ether oxygens (including phenoxy) is 2. The van der Waals surface area contributed by atoms with E-state index >= 15 is 0 Å². The monoisotopic (exact) mass is 483 g/mol. The Morgan fingerprint density at radius 3 is 2.47 bits per heavy atom. The number of hydrazone groups is 1. The minimum atomic E-state index is -5.00. The Hall–Kier alpha value is -2.82. The van der Waals surface area contributed by atoms with Gasteiger partial charge in [-0.1, -0.05) is 23.7 Å². The molecule has 0 aliphatic carbocycles. The molecule has 2 heterocycles. The SMILES string of the molecule is COc1ccc(C2=NN(c3nc(-c4ccc(Cl)cc4)cs3)[C@@](O)(C(F)(F)F)C2)c(OC)c1. The molecule has 1 atom stereocenters. The molecule has 11 heteroatoms. The molecule has 168 valence electrons. The van der Waals surface area contributed by atoms with Gasteiger partial charge < -0.3 is 14.6 Å². The highest BCUT2D eigenvalue weighted by atomic mass is 35.5. The number of anilines is 1. The Morgan fingerprint density at radius 2 is 1.84 bits per heavy atom. The van der Waals surface area contributed by atoms with E-state index in [1.54, 1.807) is 35.7 Å². The highest BCUT2D eigenvalue weighted by molar-refractivity contribution is 7.14. The summed E-state index contributed by atoms with van der Waals surface area (Å²) in [7, 11) is 2.85. The molecule has 6 nitrogen and oxygen atoms in total. The molecule has 32 heavy (non-hydrogen) atoms. The van der Waals surface area contributed by atoms with Crippen molar-refractivity contribution in [2.45, 2.75) is 18.3 Å². The number of hydrogen-bond acceptors (Lipinski definition) is 7. The second kappa shape index (κ2) is 8.27. The standard InChI is InChI=1S/C21H17ClF3N3O3S/c1-30-14-7-8-15(18(9-14)31-2)16-10-20(29,21(23,24)25)28(27-16)19-26-17(11-32-19)12-3-5-13(22)6-4-12/h3-9,11,29H,10H2,1-2H3/t20-/m0/s1. The van der Waals surface area contributed by atoms with Crippen molar-refractivity contribution >= 4 is 33.8 Å². The molecule has 2 aromatic carbocycles. The molecule has 0 unspecified atom stereocenters. The van der Waals surface area contributed by atoms with Crippen LogP contribution in [0.25, 0.3) is 11.3 Å². The second-order valence-electron chi connectivity index (χ2n) is 6.94. The first-order valence-electron chi connectivity index (χ1n) is 9.27. The van der Waals surface area contributed by atoms with Crippen LogP contribution in [0.3, 0.4) is 0 Å². The van der Waals surface area contributed by atoms with Gasteiger partial charge in [-0.2, -0.15) is 23.3 Å². The summed E-state index contributed by atoms with van der Waals surface area (Å²) in [5, 5.41) is 17.4. The van der Waals surface area contributed by atoms with E-state index in [9.17, 15) is 18.3 Å². The predicted octanol–water partition coefficient (Wildman–Crippen LogP) is 5.35. The fourth-order valence-electron chi connectivity index (χ4n) is 3.27. The van der Waals surface area contributed by atoms with Crippen LogP contribution < -0.4 is 14.5 Å². The highest BCUT2D eigenvalue weighted by Crippen LogP contribution is 2.46. The number of benzene rings is 2. The molecule has 3 aromatic rings. The normalized spacial score (nSPS) is 18.6. The van der Waals surface area contributed by atoms with Gasteiger partial charge in [0.2, 0.25) is 5.13 Å². The van der Waals surface area contributed by atoms with Crippen LogP contribution in [0.1, 0.15) is 12.0 Å². The largest absolute Gasteiger partial charge is 0.497 e. The van der Waals surface area contributed by atoms with Gasteiger partial charge in [-0.05, 0) is 24.3 Å². The molecule has 1 N–H and O–H groups in total. The van der Waals surface area contributed by atoms with Crippen molar-refractivity contribution in [1.29, 1.82) is 0 Å². The Kier molecular flexibility index (Phi) is 5.78. The van der Waals surface area contributed by atoms with Crippen molar-refractivity contribution in [2.24, 2.45) is 5.10 Å². The molecule has 0 saturated carbocycles. The third kappa shape index (κ3) is 3.89. The van der Waals surface area contributed by atoms with E-state index in [0.717, 1.165) is 11.3 Å². The Labute approximate surface area is 190 Å². The van der Waals surface area contributed by atoms with Crippen LogP contribution in [-0.4, -0.2) is 41.9 Å². The van der Waals surface area contributed by atoms with Crippen LogP contribution in [0.5, 0.6) is 11.5 Å². The zero-order valence-corrected chi connectivity index (χ0v) is 18.4. The van der Waals surface area contributed by atoms with Gasteiger partial charge in [0.15, 0.2) is 0 Å². The molecular formula is C21H17ClF3N3O3S. The summed E-state index contributed by atoms with van der Waals surface area (Å²) in [6, 6.07) is 11.4. The fourth-order valence-corrected chi connectivity index (χ4v) is 4.24. The molecule has 1 aliphatic rings. The Morgan fingerprint density at radius 1 is 1.12 bits per heavy atom. The van der Waals surface area contributed by atoms with E-state index in [-0.39, 0.29) is 16.6 Å². The number of methoxy groups -OCH3 is 2. The lowest BCUT2D eigenvalue weighted by Crippen LogP contribution is -2.55. The second-order valence-corrected chi connectivity index (χ2v) is 8.21. The number of nitrogens with zero attached hydrogens (tertiary/aromatic N) is 3. The van der Waals surface area contributed by atoms with Crippen molar-refractivity contribution in [3.8, 4) is 22.8 Å². The summed E-state index contributed by atoms with van der Waals surface area (Å²) in [5.74, 6) is 0.745. The maximum atomic E-state index is 14.0. The van der Waals surface area contributed by atoms with Crippen molar-refractivity contribution in [3.63, 3.8) is 0 Å². The summed E-state index contributed by atoms with van der Waals surface area (Å²) >= 11 is 6.83. The quantitative estimate of drug-likeness (QED) is 0.530. The molecule has 0 radical (unpaired) electrons. The number of aliphatic hydroxyl groups is 1. The number of rotatable bonds is 5. The average Bonchev–Trinajstić information content (AvgIpc) is 3.38. The van der Waals surface area contributed by atoms with Gasteiger partial charge in [0.25, 0.3) is 5.72 Å². The molecule has 1 aliphatic heterocycles.